The van der Waals surface area contributed by atoms with Crippen molar-refractivity contribution in [1.82, 2.24) is 14.5 Å². The first kappa shape index (κ1) is 22.0. The second kappa shape index (κ2) is 8.20. The molecule has 0 saturated carbocycles. The summed E-state index contributed by atoms with van der Waals surface area (Å²) in [5.41, 5.74) is 2.09. The quantitative estimate of drug-likeness (QED) is 0.464. The highest BCUT2D eigenvalue weighted by Gasteiger charge is 2.48. The average molecular weight is 474 g/mol. The van der Waals surface area contributed by atoms with Crippen molar-refractivity contribution in [3.8, 4) is 11.4 Å². The Bertz CT molecular complexity index is 1170. The highest BCUT2D eigenvalue weighted by Crippen LogP contribution is 2.49. The third kappa shape index (κ3) is 3.62. The third-order valence-electron chi connectivity index (χ3n) is 6.89. The predicted molar refractivity (Wildman–Crippen MR) is 120 cm³/mol. The van der Waals surface area contributed by atoms with Gasteiger partial charge in [-0.15, -0.1) is 0 Å². The number of amides is 1. The van der Waals surface area contributed by atoms with Crippen molar-refractivity contribution in [2.24, 2.45) is 0 Å². The van der Waals surface area contributed by atoms with Gasteiger partial charge in [-0.05, 0) is 48.9 Å². The Balaban J connectivity index is 1.54. The molecule has 1 fully saturated rings. The highest BCUT2D eigenvalue weighted by molar-refractivity contribution is 6.30. The minimum absolute atomic E-state index is 0.0127. The summed E-state index contributed by atoms with van der Waals surface area (Å²) in [5.74, 6) is 0.315. The molecule has 2 aromatic carbocycles. The lowest BCUT2D eigenvalue weighted by Crippen LogP contribution is -2.51. The lowest BCUT2D eigenvalue weighted by molar-refractivity contribution is -0.196. The number of hydrogen-bond donors (Lipinski definition) is 0. The van der Waals surface area contributed by atoms with E-state index in [0.717, 1.165) is 27.4 Å². The minimum Gasteiger partial charge on any atom is -0.331 e. The van der Waals surface area contributed by atoms with Gasteiger partial charge in [-0.3, -0.25) is 4.79 Å². The van der Waals surface area contributed by atoms with E-state index in [4.69, 9.17) is 11.6 Å². The standard InChI is InChI=1S/C25H23ClF3N3O/c26-18-10-8-17(9-11-18)24(20-6-2-1-5-19(20)23-30-14-16-32(23)24)13-12-22(33)31-15-4-3-7-21(31)25(27,28)29/h1-2,5-6,8-11,14,16,21H,3-4,7,12-13,15H2. The van der Waals surface area contributed by atoms with E-state index in [1.807, 2.05) is 47.2 Å². The summed E-state index contributed by atoms with van der Waals surface area (Å²) in [6, 6.07) is 13.6. The molecule has 2 aliphatic heterocycles. The van der Waals surface area contributed by atoms with Crippen molar-refractivity contribution in [3.05, 3.63) is 77.1 Å². The maximum Gasteiger partial charge on any atom is 0.408 e. The van der Waals surface area contributed by atoms with E-state index in [0.29, 0.717) is 24.3 Å². The fourth-order valence-electron chi connectivity index (χ4n) is 5.40. The SMILES string of the molecule is O=C(CCC1(c2ccc(Cl)cc2)c2ccccc2-c2nccn21)N1CCCCC1C(F)(F)F. The van der Waals surface area contributed by atoms with Crippen LogP contribution in [-0.2, 0) is 10.3 Å². The largest absolute Gasteiger partial charge is 0.408 e. The van der Waals surface area contributed by atoms with E-state index in [9.17, 15) is 18.0 Å². The molecule has 3 heterocycles. The van der Waals surface area contributed by atoms with Gasteiger partial charge in [-0.25, -0.2) is 4.98 Å². The second-order valence-electron chi connectivity index (χ2n) is 8.67. The van der Waals surface area contributed by atoms with Gasteiger partial charge in [0.05, 0.1) is 5.54 Å². The minimum atomic E-state index is -4.42. The molecule has 0 spiro atoms. The number of alkyl halides is 3. The van der Waals surface area contributed by atoms with Crippen LogP contribution in [0.25, 0.3) is 11.4 Å². The maximum absolute atomic E-state index is 13.6. The summed E-state index contributed by atoms with van der Waals surface area (Å²) in [6.07, 6.45) is 0.503. The number of imidazole rings is 1. The lowest BCUT2D eigenvalue weighted by atomic mass is 9.79. The number of carbonyl (C=O) groups is 1. The molecule has 172 valence electrons. The molecule has 2 unspecified atom stereocenters. The summed E-state index contributed by atoms with van der Waals surface area (Å²) < 4.78 is 42.8. The van der Waals surface area contributed by atoms with Gasteiger partial charge >= 0.3 is 6.18 Å². The fourth-order valence-corrected chi connectivity index (χ4v) is 5.53. The van der Waals surface area contributed by atoms with Crippen LogP contribution in [-0.4, -0.2) is 39.1 Å². The van der Waals surface area contributed by atoms with Crippen molar-refractivity contribution in [2.45, 2.75) is 49.9 Å². The molecule has 8 heteroatoms. The Morgan fingerprint density at radius 3 is 2.64 bits per heavy atom. The number of benzene rings is 2. The van der Waals surface area contributed by atoms with Crippen molar-refractivity contribution < 1.29 is 18.0 Å². The van der Waals surface area contributed by atoms with Crippen LogP contribution >= 0.6 is 11.6 Å². The number of piperidine rings is 1. The Hall–Kier alpha value is -2.80. The molecule has 0 aliphatic carbocycles. The monoisotopic (exact) mass is 473 g/mol. The molecular formula is C25H23ClF3N3O. The predicted octanol–water partition coefficient (Wildman–Crippen LogP) is 6.03. The Morgan fingerprint density at radius 2 is 1.88 bits per heavy atom. The van der Waals surface area contributed by atoms with E-state index in [1.165, 1.54) is 0 Å². The van der Waals surface area contributed by atoms with Crippen molar-refractivity contribution in [2.75, 3.05) is 6.54 Å². The average Bonchev–Trinajstić information content (AvgIpc) is 3.39. The van der Waals surface area contributed by atoms with Gasteiger partial charge in [0.15, 0.2) is 0 Å². The summed E-state index contributed by atoms with van der Waals surface area (Å²) in [7, 11) is 0. The summed E-state index contributed by atoms with van der Waals surface area (Å²) in [6.45, 7) is 0.143. The zero-order valence-corrected chi connectivity index (χ0v) is 18.6. The number of carbonyl (C=O) groups excluding carboxylic acids is 1. The Labute approximate surface area is 195 Å². The molecule has 3 aromatic rings. The zero-order valence-electron chi connectivity index (χ0n) is 17.9. The molecular weight excluding hydrogens is 451 g/mol. The normalized spacial score (nSPS) is 22.2. The van der Waals surface area contributed by atoms with Crippen LogP contribution in [0.1, 0.15) is 43.2 Å². The number of rotatable bonds is 4. The molecule has 2 aliphatic rings. The molecule has 4 nitrogen and oxygen atoms in total. The Kier molecular flexibility index (Phi) is 5.47. The van der Waals surface area contributed by atoms with Crippen LogP contribution in [0.4, 0.5) is 13.2 Å². The second-order valence-corrected chi connectivity index (χ2v) is 9.11. The van der Waals surface area contributed by atoms with Crippen LogP contribution < -0.4 is 0 Å². The number of nitrogens with zero attached hydrogens (tertiary/aromatic N) is 3. The van der Waals surface area contributed by atoms with E-state index in [2.05, 4.69) is 4.98 Å². The molecule has 1 aromatic heterocycles. The summed E-state index contributed by atoms with van der Waals surface area (Å²) in [5, 5.41) is 0.587. The van der Waals surface area contributed by atoms with Gasteiger partial charge in [0.2, 0.25) is 5.91 Å². The van der Waals surface area contributed by atoms with Gasteiger partial charge < -0.3 is 9.47 Å². The first-order valence-electron chi connectivity index (χ1n) is 11.1. The molecule has 1 saturated heterocycles. The fraction of sp³-hybridized carbons (Fsp3) is 0.360. The van der Waals surface area contributed by atoms with E-state index >= 15 is 0 Å². The maximum atomic E-state index is 13.6. The van der Waals surface area contributed by atoms with E-state index < -0.39 is 23.7 Å². The topological polar surface area (TPSA) is 38.1 Å². The van der Waals surface area contributed by atoms with Gasteiger partial charge in [-0.1, -0.05) is 48.0 Å². The number of fused-ring (bicyclic) bond motifs is 3. The van der Waals surface area contributed by atoms with Crippen LogP contribution in [0.2, 0.25) is 5.02 Å². The van der Waals surface area contributed by atoms with Crippen molar-refractivity contribution >= 4 is 17.5 Å². The van der Waals surface area contributed by atoms with Gasteiger partial charge in [-0.2, -0.15) is 13.2 Å². The first-order chi connectivity index (χ1) is 15.8. The van der Waals surface area contributed by atoms with Gasteiger partial charge in [0.25, 0.3) is 0 Å². The third-order valence-corrected chi connectivity index (χ3v) is 7.14. The molecule has 33 heavy (non-hydrogen) atoms. The summed E-state index contributed by atoms with van der Waals surface area (Å²) in [4.78, 5) is 18.7. The Morgan fingerprint density at radius 1 is 1.12 bits per heavy atom. The van der Waals surface area contributed by atoms with Gasteiger partial charge in [0, 0.05) is 35.9 Å². The molecule has 2 atom stereocenters. The van der Waals surface area contributed by atoms with E-state index in [1.54, 1.807) is 18.3 Å². The smallest absolute Gasteiger partial charge is 0.331 e. The van der Waals surface area contributed by atoms with Crippen LogP contribution in [0.5, 0.6) is 0 Å². The number of hydrogen-bond acceptors (Lipinski definition) is 2. The molecule has 5 rings (SSSR count). The number of halogens is 4. The number of aromatic nitrogens is 2. The number of likely N-dealkylation sites (tertiary alicyclic amines) is 1. The lowest BCUT2D eigenvalue weighted by Gasteiger charge is -2.38. The summed E-state index contributed by atoms with van der Waals surface area (Å²) >= 11 is 6.14. The molecule has 0 radical (unpaired) electrons. The molecule has 0 bridgehead atoms. The van der Waals surface area contributed by atoms with Crippen molar-refractivity contribution in [1.29, 1.82) is 0 Å². The van der Waals surface area contributed by atoms with Crippen molar-refractivity contribution in [3.63, 3.8) is 0 Å². The van der Waals surface area contributed by atoms with E-state index in [-0.39, 0.29) is 19.4 Å². The van der Waals surface area contributed by atoms with Crippen LogP contribution in [0.3, 0.4) is 0 Å². The van der Waals surface area contributed by atoms with Gasteiger partial charge in [0.1, 0.15) is 11.9 Å². The molecule has 1 amide bonds. The van der Waals surface area contributed by atoms with Crippen LogP contribution in [0, 0.1) is 0 Å². The first-order valence-corrected chi connectivity index (χ1v) is 11.5. The highest BCUT2D eigenvalue weighted by atomic mass is 35.5. The zero-order chi connectivity index (χ0) is 23.2. The molecule has 0 N–H and O–H groups in total. The van der Waals surface area contributed by atoms with Crippen LogP contribution in [0.15, 0.2) is 60.9 Å².